The first kappa shape index (κ1) is 12.6. The van der Waals surface area contributed by atoms with Gasteiger partial charge in [-0.2, -0.15) is 0 Å². The van der Waals surface area contributed by atoms with Crippen molar-refractivity contribution in [3.63, 3.8) is 0 Å². The van der Waals surface area contributed by atoms with E-state index < -0.39 is 6.10 Å². The molecule has 0 heterocycles. The second kappa shape index (κ2) is 5.65. The van der Waals surface area contributed by atoms with Gasteiger partial charge < -0.3 is 5.11 Å². The fraction of sp³-hybridized carbons (Fsp3) is 0.176. The SMILES string of the molecule is C=Cc1ccc(Cc2ccc(C(C)O)cc2)cc1. The highest BCUT2D eigenvalue weighted by molar-refractivity contribution is 5.47. The molecule has 0 aromatic heterocycles. The molecule has 0 aliphatic rings. The van der Waals surface area contributed by atoms with Crippen LogP contribution in [0.5, 0.6) is 0 Å². The number of hydrogen-bond donors (Lipinski definition) is 1. The van der Waals surface area contributed by atoms with Crippen molar-refractivity contribution >= 4 is 6.08 Å². The van der Waals surface area contributed by atoms with E-state index >= 15 is 0 Å². The van der Waals surface area contributed by atoms with Gasteiger partial charge in [-0.15, -0.1) is 0 Å². The molecule has 1 N–H and O–H groups in total. The van der Waals surface area contributed by atoms with Gasteiger partial charge in [0.05, 0.1) is 6.10 Å². The van der Waals surface area contributed by atoms with Gasteiger partial charge in [0, 0.05) is 0 Å². The van der Waals surface area contributed by atoms with E-state index in [4.69, 9.17) is 0 Å². The maximum absolute atomic E-state index is 9.45. The number of benzene rings is 2. The molecule has 2 rings (SSSR count). The van der Waals surface area contributed by atoms with Crippen LogP contribution in [0.2, 0.25) is 0 Å². The second-order valence-electron chi connectivity index (χ2n) is 4.54. The van der Waals surface area contributed by atoms with E-state index in [9.17, 15) is 5.11 Å². The minimum atomic E-state index is -0.397. The molecule has 18 heavy (non-hydrogen) atoms. The van der Waals surface area contributed by atoms with Crippen molar-refractivity contribution in [2.75, 3.05) is 0 Å². The average Bonchev–Trinajstić information content (AvgIpc) is 2.40. The van der Waals surface area contributed by atoms with Gasteiger partial charge in [0.1, 0.15) is 0 Å². The summed E-state index contributed by atoms with van der Waals surface area (Å²) in [4.78, 5) is 0. The summed E-state index contributed by atoms with van der Waals surface area (Å²) in [5, 5.41) is 9.45. The first-order valence-corrected chi connectivity index (χ1v) is 6.17. The van der Waals surface area contributed by atoms with Gasteiger partial charge in [0.15, 0.2) is 0 Å². The third-order valence-corrected chi connectivity index (χ3v) is 3.09. The fourth-order valence-electron chi connectivity index (χ4n) is 1.92. The lowest BCUT2D eigenvalue weighted by Gasteiger charge is -2.07. The van der Waals surface area contributed by atoms with Crippen LogP contribution in [0.1, 0.15) is 35.3 Å². The Morgan fingerprint density at radius 1 is 1.00 bits per heavy atom. The van der Waals surface area contributed by atoms with Crippen LogP contribution in [0.3, 0.4) is 0 Å². The van der Waals surface area contributed by atoms with Crippen LogP contribution in [0.15, 0.2) is 55.1 Å². The van der Waals surface area contributed by atoms with E-state index in [0.717, 1.165) is 17.5 Å². The monoisotopic (exact) mass is 238 g/mol. The zero-order chi connectivity index (χ0) is 13.0. The molecular weight excluding hydrogens is 220 g/mol. The Balaban J connectivity index is 2.10. The van der Waals surface area contributed by atoms with E-state index in [0.29, 0.717) is 0 Å². The van der Waals surface area contributed by atoms with Gasteiger partial charge in [-0.05, 0) is 35.6 Å². The number of aliphatic hydroxyl groups is 1. The van der Waals surface area contributed by atoms with Crippen LogP contribution < -0.4 is 0 Å². The molecule has 1 unspecified atom stereocenters. The van der Waals surface area contributed by atoms with E-state index in [1.165, 1.54) is 11.1 Å². The van der Waals surface area contributed by atoms with Crippen molar-refractivity contribution in [3.8, 4) is 0 Å². The van der Waals surface area contributed by atoms with Crippen LogP contribution in [-0.2, 0) is 6.42 Å². The fourth-order valence-corrected chi connectivity index (χ4v) is 1.92. The summed E-state index contributed by atoms with van der Waals surface area (Å²) in [5.41, 5.74) is 4.64. The molecule has 0 saturated carbocycles. The summed E-state index contributed by atoms with van der Waals surface area (Å²) >= 11 is 0. The number of aliphatic hydroxyl groups excluding tert-OH is 1. The first-order chi connectivity index (χ1) is 8.69. The van der Waals surface area contributed by atoms with Gasteiger partial charge in [-0.3, -0.25) is 0 Å². The van der Waals surface area contributed by atoms with E-state index in [2.05, 4.69) is 43.0 Å². The van der Waals surface area contributed by atoms with Crippen molar-refractivity contribution in [2.24, 2.45) is 0 Å². The largest absolute Gasteiger partial charge is 0.389 e. The van der Waals surface area contributed by atoms with E-state index in [1.54, 1.807) is 6.92 Å². The zero-order valence-corrected chi connectivity index (χ0v) is 10.6. The molecule has 0 bridgehead atoms. The minimum absolute atomic E-state index is 0.397. The predicted octanol–water partition coefficient (Wildman–Crippen LogP) is 3.97. The number of rotatable bonds is 4. The first-order valence-electron chi connectivity index (χ1n) is 6.17. The smallest absolute Gasteiger partial charge is 0.0761 e. The average molecular weight is 238 g/mol. The van der Waals surface area contributed by atoms with Crippen LogP contribution in [-0.4, -0.2) is 5.11 Å². The van der Waals surface area contributed by atoms with Crippen molar-refractivity contribution in [1.82, 2.24) is 0 Å². The van der Waals surface area contributed by atoms with Gasteiger partial charge in [-0.1, -0.05) is 61.2 Å². The molecule has 0 radical (unpaired) electrons. The third-order valence-electron chi connectivity index (χ3n) is 3.09. The molecule has 1 nitrogen and oxygen atoms in total. The summed E-state index contributed by atoms with van der Waals surface area (Å²) in [6, 6.07) is 16.5. The Kier molecular flexibility index (Phi) is 3.96. The maximum Gasteiger partial charge on any atom is 0.0761 e. The second-order valence-corrected chi connectivity index (χ2v) is 4.54. The minimum Gasteiger partial charge on any atom is -0.389 e. The van der Waals surface area contributed by atoms with Gasteiger partial charge in [0.2, 0.25) is 0 Å². The lowest BCUT2D eigenvalue weighted by atomic mass is 10.0. The Labute approximate surface area is 108 Å². The highest BCUT2D eigenvalue weighted by Gasteiger charge is 2.01. The van der Waals surface area contributed by atoms with Crippen LogP contribution in [0, 0.1) is 0 Å². The Hall–Kier alpha value is -1.86. The van der Waals surface area contributed by atoms with E-state index in [-0.39, 0.29) is 0 Å². The normalized spacial score (nSPS) is 12.1. The molecule has 2 aromatic rings. The standard InChI is InChI=1S/C17H18O/c1-3-14-4-6-15(7-5-14)12-16-8-10-17(11-9-16)13(2)18/h3-11,13,18H,1,12H2,2H3. The lowest BCUT2D eigenvalue weighted by Crippen LogP contribution is -1.92. The summed E-state index contributed by atoms with van der Waals surface area (Å²) in [6.07, 6.45) is 2.37. The van der Waals surface area contributed by atoms with E-state index in [1.807, 2.05) is 18.2 Å². The molecule has 0 spiro atoms. The van der Waals surface area contributed by atoms with Crippen LogP contribution in [0.25, 0.3) is 6.08 Å². The van der Waals surface area contributed by atoms with Gasteiger partial charge >= 0.3 is 0 Å². The van der Waals surface area contributed by atoms with Gasteiger partial charge in [0.25, 0.3) is 0 Å². The predicted molar refractivity (Wildman–Crippen MR) is 76.4 cm³/mol. The molecule has 1 atom stereocenters. The van der Waals surface area contributed by atoms with Crippen molar-refractivity contribution in [3.05, 3.63) is 77.4 Å². The highest BCUT2D eigenvalue weighted by atomic mass is 16.3. The molecule has 92 valence electrons. The lowest BCUT2D eigenvalue weighted by molar-refractivity contribution is 0.199. The summed E-state index contributed by atoms with van der Waals surface area (Å²) in [7, 11) is 0. The van der Waals surface area contributed by atoms with Gasteiger partial charge in [-0.25, -0.2) is 0 Å². The summed E-state index contributed by atoms with van der Waals surface area (Å²) in [5.74, 6) is 0. The molecule has 0 amide bonds. The Morgan fingerprint density at radius 3 is 1.94 bits per heavy atom. The number of hydrogen-bond acceptors (Lipinski definition) is 1. The Morgan fingerprint density at radius 2 is 1.50 bits per heavy atom. The van der Waals surface area contributed by atoms with Crippen molar-refractivity contribution < 1.29 is 5.11 Å². The quantitative estimate of drug-likeness (QED) is 0.854. The molecule has 0 aliphatic carbocycles. The Bertz CT molecular complexity index is 506. The molecule has 2 aromatic carbocycles. The zero-order valence-electron chi connectivity index (χ0n) is 10.6. The molecule has 0 aliphatic heterocycles. The van der Waals surface area contributed by atoms with Crippen molar-refractivity contribution in [1.29, 1.82) is 0 Å². The third kappa shape index (κ3) is 3.08. The molecule has 1 heteroatoms. The van der Waals surface area contributed by atoms with Crippen LogP contribution in [0.4, 0.5) is 0 Å². The van der Waals surface area contributed by atoms with Crippen molar-refractivity contribution in [2.45, 2.75) is 19.4 Å². The molecule has 0 fully saturated rings. The van der Waals surface area contributed by atoms with Crippen LogP contribution >= 0.6 is 0 Å². The highest BCUT2D eigenvalue weighted by Crippen LogP contribution is 2.16. The summed E-state index contributed by atoms with van der Waals surface area (Å²) in [6.45, 7) is 5.53. The molecular formula is C17H18O. The topological polar surface area (TPSA) is 20.2 Å². The molecule has 0 saturated heterocycles. The summed E-state index contributed by atoms with van der Waals surface area (Å²) < 4.78 is 0. The maximum atomic E-state index is 9.45.